The van der Waals surface area contributed by atoms with E-state index in [0.29, 0.717) is 33.9 Å². The van der Waals surface area contributed by atoms with Gasteiger partial charge in [-0.3, -0.25) is 0 Å². The molecule has 7 aromatic rings. The number of allylic oxidation sites excluding steroid dienone is 4. The standard InChI is InChI=1S/C46H32F2N4/c1-29-13-11-12-20-35(29)43-28-42(32-18-9-4-10-19-32)51-45(52-43)34-22-24-39-37(26-34)36-25-33(21-23-38(36)46(39,47)48)44-49-40(30-14-5-2-6-15-30)27-41(50-44)31-16-7-3-8-17-31/h2-12,14-29H,13H2,1H3. The van der Waals surface area contributed by atoms with Crippen LogP contribution >= 0.6 is 0 Å². The number of rotatable bonds is 6. The topological polar surface area (TPSA) is 51.6 Å². The maximum atomic E-state index is 16.1. The molecule has 0 saturated heterocycles. The zero-order chi connectivity index (χ0) is 35.2. The summed E-state index contributed by atoms with van der Waals surface area (Å²) in [6.45, 7) is 2.19. The maximum Gasteiger partial charge on any atom is 0.299 e. The summed E-state index contributed by atoms with van der Waals surface area (Å²) in [7, 11) is 0. The molecule has 4 nitrogen and oxygen atoms in total. The summed E-state index contributed by atoms with van der Waals surface area (Å²) in [6, 6.07) is 43.8. The number of hydrogen-bond donors (Lipinski definition) is 0. The summed E-state index contributed by atoms with van der Waals surface area (Å²) in [5.74, 6) is -1.94. The third kappa shape index (κ3) is 5.63. The third-order valence-electron chi connectivity index (χ3n) is 9.91. The van der Waals surface area contributed by atoms with E-state index in [0.717, 1.165) is 51.5 Å². The Kier molecular flexibility index (Phi) is 7.73. The molecule has 1 atom stereocenters. The van der Waals surface area contributed by atoms with Gasteiger partial charge in [0.2, 0.25) is 0 Å². The summed E-state index contributed by atoms with van der Waals surface area (Å²) < 4.78 is 32.3. The lowest BCUT2D eigenvalue weighted by atomic mass is 9.90. The lowest BCUT2D eigenvalue weighted by Crippen LogP contribution is -2.10. The van der Waals surface area contributed by atoms with E-state index < -0.39 is 5.92 Å². The monoisotopic (exact) mass is 678 g/mol. The Hall–Kier alpha value is -6.40. The van der Waals surface area contributed by atoms with Crippen molar-refractivity contribution in [2.75, 3.05) is 0 Å². The molecule has 250 valence electrons. The number of hydrogen-bond acceptors (Lipinski definition) is 4. The summed E-state index contributed by atoms with van der Waals surface area (Å²) >= 11 is 0. The van der Waals surface area contributed by atoms with E-state index in [9.17, 15) is 0 Å². The molecule has 2 aliphatic carbocycles. The molecule has 0 saturated carbocycles. The Bertz CT molecular complexity index is 2470. The van der Waals surface area contributed by atoms with E-state index in [1.807, 2.05) is 109 Å². The van der Waals surface area contributed by atoms with Gasteiger partial charge in [0.1, 0.15) is 0 Å². The maximum absolute atomic E-state index is 16.1. The molecule has 2 heterocycles. The molecule has 0 N–H and O–H groups in total. The zero-order valence-corrected chi connectivity index (χ0v) is 28.3. The van der Waals surface area contributed by atoms with Gasteiger partial charge in [0.15, 0.2) is 11.6 Å². The highest BCUT2D eigenvalue weighted by Gasteiger charge is 2.44. The van der Waals surface area contributed by atoms with Crippen molar-refractivity contribution < 1.29 is 8.78 Å². The predicted octanol–water partition coefficient (Wildman–Crippen LogP) is 11.7. The van der Waals surface area contributed by atoms with Crippen molar-refractivity contribution in [1.82, 2.24) is 19.9 Å². The third-order valence-corrected chi connectivity index (χ3v) is 9.91. The molecule has 0 spiro atoms. The fourth-order valence-electron chi connectivity index (χ4n) is 7.16. The lowest BCUT2D eigenvalue weighted by molar-refractivity contribution is 0.0480. The first-order valence-corrected chi connectivity index (χ1v) is 17.4. The number of halogens is 2. The predicted molar refractivity (Wildman–Crippen MR) is 204 cm³/mol. The van der Waals surface area contributed by atoms with Gasteiger partial charge in [-0.1, -0.05) is 140 Å². The van der Waals surface area contributed by atoms with Gasteiger partial charge in [-0.2, -0.15) is 8.78 Å². The van der Waals surface area contributed by atoms with Crippen molar-refractivity contribution in [2.45, 2.75) is 19.3 Å². The van der Waals surface area contributed by atoms with Crippen LogP contribution in [0.15, 0.2) is 158 Å². The summed E-state index contributed by atoms with van der Waals surface area (Å²) in [5.41, 5.74) is 9.21. The van der Waals surface area contributed by atoms with Gasteiger partial charge in [0, 0.05) is 38.9 Å². The quantitative estimate of drug-likeness (QED) is 0.176. The second-order valence-electron chi connectivity index (χ2n) is 13.3. The molecule has 0 radical (unpaired) electrons. The molecular formula is C46H32F2N4. The number of alkyl halides is 2. The van der Waals surface area contributed by atoms with Crippen LogP contribution in [0.5, 0.6) is 0 Å². The van der Waals surface area contributed by atoms with Gasteiger partial charge in [0.05, 0.1) is 22.8 Å². The Morgan fingerprint density at radius 3 is 1.37 bits per heavy atom. The van der Waals surface area contributed by atoms with Crippen molar-refractivity contribution >= 4 is 5.57 Å². The second kappa shape index (κ2) is 12.7. The van der Waals surface area contributed by atoms with Crippen molar-refractivity contribution in [3.63, 3.8) is 0 Å². The molecule has 0 aliphatic heterocycles. The molecule has 0 fully saturated rings. The summed E-state index contributed by atoms with van der Waals surface area (Å²) in [5, 5.41) is 0. The van der Waals surface area contributed by atoms with Gasteiger partial charge in [-0.25, -0.2) is 19.9 Å². The van der Waals surface area contributed by atoms with Crippen LogP contribution in [0, 0.1) is 5.92 Å². The minimum absolute atomic E-state index is 0.0412. The number of aromatic nitrogens is 4. The van der Waals surface area contributed by atoms with Crippen LogP contribution in [0.2, 0.25) is 0 Å². The first-order chi connectivity index (χ1) is 25.4. The van der Waals surface area contributed by atoms with Crippen LogP contribution in [0.25, 0.3) is 73.2 Å². The first-order valence-electron chi connectivity index (χ1n) is 17.4. The molecule has 0 bridgehead atoms. The summed E-state index contributed by atoms with van der Waals surface area (Å²) in [4.78, 5) is 19.9. The number of fused-ring (bicyclic) bond motifs is 3. The molecule has 9 rings (SSSR count). The van der Waals surface area contributed by atoms with Crippen LogP contribution in [0.4, 0.5) is 8.78 Å². The summed E-state index contributed by atoms with van der Waals surface area (Å²) in [6.07, 6.45) is 7.25. The van der Waals surface area contributed by atoms with Crippen LogP contribution in [-0.4, -0.2) is 19.9 Å². The van der Waals surface area contributed by atoms with E-state index in [4.69, 9.17) is 19.9 Å². The largest absolute Gasteiger partial charge is 0.299 e. The van der Waals surface area contributed by atoms with Crippen molar-refractivity contribution in [2.24, 2.45) is 5.92 Å². The van der Waals surface area contributed by atoms with Crippen LogP contribution in [-0.2, 0) is 5.92 Å². The van der Waals surface area contributed by atoms with Gasteiger partial charge in [-0.05, 0) is 53.3 Å². The smallest absolute Gasteiger partial charge is 0.228 e. The van der Waals surface area contributed by atoms with Crippen molar-refractivity contribution in [1.29, 1.82) is 0 Å². The van der Waals surface area contributed by atoms with Crippen molar-refractivity contribution in [3.8, 4) is 67.7 Å². The van der Waals surface area contributed by atoms with E-state index in [2.05, 4.69) is 25.2 Å². The Morgan fingerprint density at radius 2 is 0.923 bits per heavy atom. The van der Waals surface area contributed by atoms with E-state index in [-0.39, 0.29) is 17.0 Å². The fourth-order valence-corrected chi connectivity index (χ4v) is 7.16. The highest BCUT2D eigenvalue weighted by molar-refractivity contribution is 5.86. The average molecular weight is 679 g/mol. The molecular weight excluding hydrogens is 647 g/mol. The SMILES string of the molecule is CC1CC=CC=C1c1cc(-c2ccccc2)nc(-c2ccc3c(c2)-c2cc(-c4nc(-c5ccccc5)cc(-c5ccccc5)n4)ccc2C3(F)F)n1. The normalized spacial score (nSPS) is 15.5. The van der Waals surface area contributed by atoms with Crippen LogP contribution in [0.3, 0.4) is 0 Å². The molecule has 2 aliphatic rings. The fraction of sp³-hybridized carbons (Fsp3) is 0.0870. The van der Waals surface area contributed by atoms with E-state index in [1.54, 1.807) is 18.2 Å². The number of benzene rings is 5. The lowest BCUT2D eigenvalue weighted by Gasteiger charge is -2.18. The Balaban J connectivity index is 1.19. The number of nitrogens with zero attached hydrogens (tertiary/aromatic N) is 4. The van der Waals surface area contributed by atoms with E-state index >= 15 is 8.78 Å². The van der Waals surface area contributed by atoms with Crippen molar-refractivity contribution in [3.05, 3.63) is 175 Å². The molecule has 52 heavy (non-hydrogen) atoms. The first kappa shape index (κ1) is 31.6. The molecule has 1 unspecified atom stereocenters. The Labute approximate surface area is 301 Å². The van der Waals surface area contributed by atoms with Gasteiger partial charge in [-0.15, -0.1) is 0 Å². The minimum Gasteiger partial charge on any atom is -0.228 e. The van der Waals surface area contributed by atoms with Crippen LogP contribution in [0.1, 0.15) is 30.2 Å². The Morgan fingerprint density at radius 1 is 0.500 bits per heavy atom. The molecule has 5 aromatic carbocycles. The highest BCUT2D eigenvalue weighted by Crippen LogP contribution is 2.52. The molecule has 2 aromatic heterocycles. The average Bonchev–Trinajstić information content (AvgIpc) is 3.43. The van der Waals surface area contributed by atoms with Gasteiger partial charge >= 0.3 is 0 Å². The zero-order valence-electron chi connectivity index (χ0n) is 28.3. The molecule has 6 heteroatoms. The van der Waals surface area contributed by atoms with Gasteiger partial charge in [0.25, 0.3) is 5.92 Å². The minimum atomic E-state index is -3.17. The van der Waals surface area contributed by atoms with E-state index in [1.165, 1.54) is 12.1 Å². The highest BCUT2D eigenvalue weighted by atomic mass is 19.3. The van der Waals surface area contributed by atoms with Gasteiger partial charge < -0.3 is 0 Å². The second-order valence-corrected chi connectivity index (χ2v) is 13.3. The molecule has 0 amide bonds. The van der Waals surface area contributed by atoms with Crippen LogP contribution < -0.4 is 0 Å².